The number of fused-ring (bicyclic) bond motifs is 6. The molecule has 5 aliphatic carbocycles. The maximum absolute atomic E-state index is 6.28. The molecule has 0 N–H and O–H groups in total. The third kappa shape index (κ3) is 4.01. The predicted molar refractivity (Wildman–Crippen MR) is 201 cm³/mol. The smallest absolute Gasteiger partial charge is 0.135 e. The average molecular weight is 634 g/mol. The summed E-state index contributed by atoms with van der Waals surface area (Å²) in [6.45, 7) is 0.817. The van der Waals surface area contributed by atoms with Gasteiger partial charge in [0.1, 0.15) is 11.2 Å². The van der Waals surface area contributed by atoms with E-state index in [1.807, 2.05) is 0 Å². The molecule has 4 saturated carbocycles. The van der Waals surface area contributed by atoms with Crippen molar-refractivity contribution in [2.75, 3.05) is 4.90 Å². The first-order valence-corrected chi connectivity index (χ1v) is 18.3. The van der Waals surface area contributed by atoms with Gasteiger partial charge in [-0.25, -0.2) is 0 Å². The van der Waals surface area contributed by atoms with Gasteiger partial charge in [0.15, 0.2) is 0 Å². The van der Waals surface area contributed by atoms with Crippen LogP contribution in [-0.2, 0) is 12.0 Å². The summed E-state index contributed by atoms with van der Waals surface area (Å²) in [5.41, 5.74) is 14.6. The highest BCUT2D eigenvalue weighted by molar-refractivity contribution is 6.06. The van der Waals surface area contributed by atoms with Crippen LogP contribution in [0.1, 0.15) is 48.8 Å². The number of hydrogen-bond acceptors (Lipinski definition) is 2. The summed E-state index contributed by atoms with van der Waals surface area (Å²) in [7, 11) is 0. The first-order valence-electron chi connectivity index (χ1n) is 18.3. The zero-order chi connectivity index (χ0) is 32.1. The number of benzene rings is 6. The van der Waals surface area contributed by atoms with E-state index < -0.39 is 0 Å². The van der Waals surface area contributed by atoms with Crippen LogP contribution in [0.2, 0.25) is 0 Å². The molecule has 0 aliphatic heterocycles. The Morgan fingerprint density at radius 3 is 2.00 bits per heavy atom. The first kappa shape index (κ1) is 27.8. The molecule has 0 saturated heterocycles. The SMILES string of the molecule is c1ccc(-c2ccc(N(Cc3cccc4c3C3(c5ccccc5-4)C4CC5CC(C4)CC3C5)c3ccc4oc5ccccc5c4c3)cc2)cc1. The van der Waals surface area contributed by atoms with Gasteiger partial charge in [-0.3, -0.25) is 0 Å². The van der Waals surface area contributed by atoms with Gasteiger partial charge in [-0.15, -0.1) is 0 Å². The second-order valence-corrected chi connectivity index (χ2v) is 15.3. The summed E-state index contributed by atoms with van der Waals surface area (Å²) in [4.78, 5) is 2.55. The molecule has 1 aromatic heterocycles. The van der Waals surface area contributed by atoms with Crippen molar-refractivity contribution in [3.05, 3.63) is 156 Å². The fourth-order valence-corrected chi connectivity index (χ4v) is 11.3. The van der Waals surface area contributed by atoms with E-state index in [-0.39, 0.29) is 5.41 Å². The molecule has 0 unspecified atom stereocenters. The summed E-state index contributed by atoms with van der Waals surface area (Å²) < 4.78 is 6.28. The highest BCUT2D eigenvalue weighted by atomic mass is 16.3. The van der Waals surface area contributed by atoms with Crippen LogP contribution in [0.5, 0.6) is 0 Å². The van der Waals surface area contributed by atoms with Crippen LogP contribution in [0.4, 0.5) is 11.4 Å². The van der Waals surface area contributed by atoms with E-state index in [1.54, 1.807) is 11.1 Å². The molecular formula is C47H39NO. The molecule has 6 aromatic carbocycles. The Labute approximate surface area is 288 Å². The van der Waals surface area contributed by atoms with Crippen molar-refractivity contribution in [1.29, 1.82) is 0 Å². The van der Waals surface area contributed by atoms with Gasteiger partial charge in [0, 0.05) is 34.1 Å². The van der Waals surface area contributed by atoms with Crippen LogP contribution in [0.25, 0.3) is 44.2 Å². The lowest BCUT2D eigenvalue weighted by Crippen LogP contribution is -2.55. The zero-order valence-electron chi connectivity index (χ0n) is 27.7. The van der Waals surface area contributed by atoms with E-state index in [0.29, 0.717) is 0 Å². The average Bonchev–Trinajstić information content (AvgIpc) is 3.67. The Morgan fingerprint density at radius 2 is 1.18 bits per heavy atom. The van der Waals surface area contributed by atoms with E-state index in [1.165, 1.54) is 82.1 Å². The van der Waals surface area contributed by atoms with Crippen LogP contribution < -0.4 is 4.90 Å². The normalized spacial score (nSPS) is 24.5. The van der Waals surface area contributed by atoms with Gasteiger partial charge in [-0.1, -0.05) is 103 Å². The highest BCUT2D eigenvalue weighted by Crippen LogP contribution is 2.69. The third-order valence-electron chi connectivity index (χ3n) is 12.9. The molecule has 4 fully saturated rings. The summed E-state index contributed by atoms with van der Waals surface area (Å²) in [5, 5.41) is 2.34. The molecule has 0 atom stereocenters. The molecule has 12 rings (SSSR count). The van der Waals surface area contributed by atoms with Crippen LogP contribution >= 0.6 is 0 Å². The van der Waals surface area contributed by atoms with Crippen molar-refractivity contribution in [1.82, 2.24) is 0 Å². The van der Waals surface area contributed by atoms with Crippen molar-refractivity contribution in [3.63, 3.8) is 0 Å². The standard InChI is InChI=1S/C47H39NO/c1-2-9-32(10-3-1)33-17-19-37(20-18-33)48(38-21-22-45-42(28-38)40-13-5-7-16-44(40)49-45)29-34-11-8-14-41-39-12-4-6-15-43(39)47(46(34)41)35-24-30-23-31(26-35)27-36(47)25-30/h1-22,28,30-31,35-36H,23-27,29H2. The van der Waals surface area contributed by atoms with Gasteiger partial charge in [-0.2, -0.15) is 0 Å². The van der Waals surface area contributed by atoms with E-state index in [4.69, 9.17) is 4.42 Å². The minimum absolute atomic E-state index is 0.128. The maximum Gasteiger partial charge on any atom is 0.135 e. The largest absolute Gasteiger partial charge is 0.456 e. The van der Waals surface area contributed by atoms with Gasteiger partial charge in [0.25, 0.3) is 0 Å². The fourth-order valence-electron chi connectivity index (χ4n) is 11.3. The molecule has 2 nitrogen and oxygen atoms in total. The lowest BCUT2D eigenvalue weighted by molar-refractivity contribution is -0.0402. The summed E-state index contributed by atoms with van der Waals surface area (Å²) in [5.74, 6) is 3.32. The number of para-hydroxylation sites is 1. The molecule has 2 heteroatoms. The number of rotatable bonds is 5. The van der Waals surface area contributed by atoms with Crippen molar-refractivity contribution >= 4 is 33.3 Å². The molecule has 49 heavy (non-hydrogen) atoms. The monoisotopic (exact) mass is 633 g/mol. The maximum atomic E-state index is 6.28. The zero-order valence-corrected chi connectivity index (χ0v) is 27.7. The van der Waals surface area contributed by atoms with E-state index in [9.17, 15) is 0 Å². The van der Waals surface area contributed by atoms with Crippen LogP contribution in [0.15, 0.2) is 144 Å². The second kappa shape index (κ2) is 10.5. The summed E-state index contributed by atoms with van der Waals surface area (Å²) in [6.07, 6.45) is 7.04. The molecule has 0 radical (unpaired) electrons. The van der Waals surface area contributed by atoms with Crippen LogP contribution in [0, 0.1) is 23.7 Å². The molecule has 4 bridgehead atoms. The van der Waals surface area contributed by atoms with Crippen LogP contribution in [-0.4, -0.2) is 0 Å². The Bertz CT molecular complexity index is 2350. The minimum Gasteiger partial charge on any atom is -0.456 e. The van der Waals surface area contributed by atoms with Crippen LogP contribution in [0.3, 0.4) is 0 Å². The van der Waals surface area contributed by atoms with Gasteiger partial charge >= 0.3 is 0 Å². The van der Waals surface area contributed by atoms with Gasteiger partial charge in [-0.05, 0) is 131 Å². The van der Waals surface area contributed by atoms with Gasteiger partial charge < -0.3 is 9.32 Å². The molecular weight excluding hydrogens is 595 g/mol. The van der Waals surface area contributed by atoms with E-state index in [2.05, 4.69) is 144 Å². The Morgan fingerprint density at radius 1 is 0.531 bits per heavy atom. The minimum atomic E-state index is 0.128. The fraction of sp³-hybridized carbons (Fsp3) is 0.234. The van der Waals surface area contributed by atoms with Crippen molar-refractivity contribution in [2.45, 2.75) is 44.1 Å². The molecule has 7 aromatic rings. The van der Waals surface area contributed by atoms with E-state index in [0.717, 1.165) is 41.4 Å². The summed E-state index contributed by atoms with van der Waals surface area (Å²) in [6, 6.07) is 51.8. The molecule has 5 aliphatic rings. The highest BCUT2D eigenvalue weighted by Gasteiger charge is 2.62. The quantitative estimate of drug-likeness (QED) is 0.187. The number of hydrogen-bond donors (Lipinski definition) is 0. The molecule has 238 valence electrons. The predicted octanol–water partition coefficient (Wildman–Crippen LogP) is 12.3. The Balaban J connectivity index is 1.09. The molecule has 0 amide bonds. The third-order valence-corrected chi connectivity index (χ3v) is 12.9. The lowest BCUT2D eigenvalue weighted by Gasteiger charge is -2.61. The number of anilines is 2. The first-order chi connectivity index (χ1) is 24.2. The summed E-state index contributed by atoms with van der Waals surface area (Å²) >= 11 is 0. The van der Waals surface area contributed by atoms with Crippen molar-refractivity contribution in [2.24, 2.45) is 23.7 Å². The van der Waals surface area contributed by atoms with E-state index >= 15 is 0 Å². The second-order valence-electron chi connectivity index (χ2n) is 15.3. The Hall–Kier alpha value is -5.08. The number of nitrogens with zero attached hydrogens (tertiary/aromatic N) is 1. The number of furan rings is 1. The Kier molecular flexibility index (Phi) is 5.94. The van der Waals surface area contributed by atoms with Gasteiger partial charge in [0.05, 0.1) is 0 Å². The molecule has 1 spiro atoms. The van der Waals surface area contributed by atoms with Gasteiger partial charge in [0.2, 0.25) is 0 Å². The topological polar surface area (TPSA) is 16.4 Å². The molecule has 1 heterocycles. The van der Waals surface area contributed by atoms with Crippen molar-refractivity contribution < 1.29 is 4.42 Å². The lowest BCUT2D eigenvalue weighted by atomic mass is 9.43. The van der Waals surface area contributed by atoms with Crippen molar-refractivity contribution in [3.8, 4) is 22.3 Å².